The number of aromatic hydroxyl groups is 2. The van der Waals surface area contributed by atoms with Gasteiger partial charge in [0, 0.05) is 71.0 Å². The van der Waals surface area contributed by atoms with E-state index in [1.807, 2.05) is 60.7 Å². The number of rotatable bonds is 15. The number of Topliss-reactive ketones (excluding diaryl/α,β-unsaturated/α-hetero) is 2. The number of ether oxygens (including phenoxy) is 2. The zero-order valence-corrected chi connectivity index (χ0v) is 42.8. The number of halogens is 1. The van der Waals surface area contributed by atoms with Gasteiger partial charge >= 0.3 is 11.9 Å². The Balaban J connectivity index is 0.000000228. The summed E-state index contributed by atoms with van der Waals surface area (Å²) in [6.07, 6.45) is 0.325. The molecule has 0 atom stereocenters. The first-order valence-corrected chi connectivity index (χ1v) is 23.8. The van der Waals surface area contributed by atoms with Crippen LogP contribution in [0.2, 0.25) is 0 Å². The van der Waals surface area contributed by atoms with E-state index in [-0.39, 0.29) is 59.3 Å². The van der Waals surface area contributed by atoms with Crippen LogP contribution in [0.25, 0.3) is 21.8 Å². The van der Waals surface area contributed by atoms with Crippen molar-refractivity contribution in [1.82, 2.24) is 15.3 Å². The first kappa shape index (κ1) is 55.3. The van der Waals surface area contributed by atoms with Crippen LogP contribution in [-0.2, 0) is 54.6 Å². The van der Waals surface area contributed by atoms with Crippen molar-refractivity contribution in [3.8, 4) is 11.8 Å². The summed E-state index contributed by atoms with van der Waals surface area (Å²) in [5.74, 6) is -1.04. The Morgan fingerprint density at radius 3 is 1.21 bits per heavy atom. The molecule has 6 aromatic carbocycles. The summed E-state index contributed by atoms with van der Waals surface area (Å²) in [4.78, 5) is 83.4. The molecule has 0 unspecified atom stereocenters. The van der Waals surface area contributed by atoms with Gasteiger partial charge in [-0.25, -0.2) is 9.98 Å². The van der Waals surface area contributed by atoms with Crippen LogP contribution in [0, 0.1) is 0 Å². The predicted octanol–water partition coefficient (Wildman–Crippen LogP) is 9.79. The van der Waals surface area contributed by atoms with Crippen molar-refractivity contribution in [3.05, 3.63) is 189 Å². The molecule has 0 bridgehead atoms. The lowest BCUT2D eigenvalue weighted by Gasteiger charge is -2.10. The Hall–Kier alpha value is -8.99. The number of aliphatic imine (C=N–C) groups is 2. The van der Waals surface area contributed by atoms with E-state index in [4.69, 9.17) is 25.2 Å². The molecule has 0 saturated heterocycles. The van der Waals surface area contributed by atoms with E-state index in [0.717, 1.165) is 33.4 Å². The average Bonchev–Trinajstić information content (AvgIpc) is 3.91. The van der Waals surface area contributed by atoms with Gasteiger partial charge in [0.15, 0.2) is 23.3 Å². The zero-order valence-electron chi connectivity index (χ0n) is 42.0. The van der Waals surface area contributed by atoms with Crippen molar-refractivity contribution < 1.29 is 48.5 Å². The smallest absolute Gasteiger partial charge is 0.309 e. The topological polar surface area (TPSA) is 256 Å². The van der Waals surface area contributed by atoms with Gasteiger partial charge < -0.3 is 40.7 Å². The van der Waals surface area contributed by atoms with Gasteiger partial charge in [-0.15, -0.1) is 0 Å². The van der Waals surface area contributed by atoms with Gasteiger partial charge in [-0.2, -0.15) is 0 Å². The van der Waals surface area contributed by atoms with E-state index in [1.54, 1.807) is 72.8 Å². The molecule has 0 saturated carbocycles. The summed E-state index contributed by atoms with van der Waals surface area (Å²) >= 11 is 4.64. The Kier molecular flexibility index (Phi) is 18.9. The van der Waals surface area contributed by atoms with Crippen LogP contribution in [-0.4, -0.2) is 80.5 Å². The number of nitrogens with zero attached hydrogens (tertiary/aromatic N) is 2. The number of nitrogens with two attached hydrogens (primary N) is 1. The maximum absolute atomic E-state index is 12.0. The number of amides is 1. The number of hydrogen-bond acceptors (Lipinski definition) is 13. The third-order valence-electron chi connectivity index (χ3n) is 11.6. The number of benzene rings is 6. The van der Waals surface area contributed by atoms with Crippen LogP contribution in [0.15, 0.2) is 143 Å². The molecule has 7 N–H and O–H groups in total. The largest absolute Gasteiger partial charge is 0.494 e. The third-order valence-corrected chi connectivity index (χ3v) is 11.6. The van der Waals surface area contributed by atoms with Crippen molar-refractivity contribution in [2.24, 2.45) is 15.7 Å². The highest BCUT2D eigenvalue weighted by Crippen LogP contribution is 2.34. The van der Waals surface area contributed by atoms with Gasteiger partial charge in [-0.3, -0.25) is 28.8 Å². The molecule has 8 rings (SSSR count). The molecule has 0 aliphatic carbocycles. The highest BCUT2D eigenvalue weighted by molar-refractivity contribution is 6.62. The molecule has 384 valence electrons. The molecule has 75 heavy (non-hydrogen) atoms. The first-order valence-electron chi connectivity index (χ1n) is 23.4. The second-order valence-corrected chi connectivity index (χ2v) is 17.6. The minimum atomic E-state index is -0.361. The normalized spacial score (nSPS) is 11.2. The van der Waals surface area contributed by atoms with Crippen LogP contribution < -0.4 is 11.1 Å². The average molecular weight is 1030 g/mol. The first-order chi connectivity index (χ1) is 35.9. The maximum Gasteiger partial charge on any atom is 0.309 e. The van der Waals surface area contributed by atoms with Crippen LogP contribution in [0.4, 0.5) is 11.4 Å². The van der Waals surface area contributed by atoms with Crippen molar-refractivity contribution in [2.75, 3.05) is 14.2 Å². The van der Waals surface area contributed by atoms with E-state index in [1.165, 1.54) is 41.9 Å². The number of methoxy groups -OCH3 is 2. The fourth-order valence-electron chi connectivity index (χ4n) is 7.72. The molecule has 8 aromatic rings. The van der Waals surface area contributed by atoms with Crippen molar-refractivity contribution in [2.45, 2.75) is 53.6 Å². The van der Waals surface area contributed by atoms with Crippen LogP contribution in [0.3, 0.4) is 0 Å². The van der Waals surface area contributed by atoms with E-state index >= 15 is 0 Å². The summed E-state index contributed by atoms with van der Waals surface area (Å²) in [5.41, 5.74) is 16.4. The quantitative estimate of drug-likeness (QED) is 0.0244. The molecule has 2 heterocycles. The van der Waals surface area contributed by atoms with Crippen molar-refractivity contribution in [1.29, 1.82) is 0 Å². The molecule has 16 nitrogen and oxygen atoms in total. The second-order valence-electron chi connectivity index (χ2n) is 17.1. The van der Waals surface area contributed by atoms with Crippen LogP contribution in [0.1, 0.15) is 92.9 Å². The molecule has 0 spiro atoms. The molecule has 0 radical (unpaired) electrons. The highest BCUT2D eigenvalue weighted by atomic mass is 35.5. The maximum atomic E-state index is 12.0. The summed E-state index contributed by atoms with van der Waals surface area (Å²) in [5, 5.41) is 25.5. The predicted molar refractivity (Wildman–Crippen MR) is 290 cm³/mol. The number of nitrogens with one attached hydrogen (secondary N) is 3. The number of esters is 2. The Labute approximate surface area is 437 Å². The summed E-state index contributed by atoms with van der Waals surface area (Å²) in [7, 11) is 2.70. The Bertz CT molecular complexity index is 3450. The molecular weight excluding hydrogens is 976 g/mol. The van der Waals surface area contributed by atoms with Gasteiger partial charge in [-0.1, -0.05) is 72.8 Å². The van der Waals surface area contributed by atoms with E-state index in [9.17, 15) is 39.0 Å². The molecular formula is C58H55ClN6O10. The van der Waals surface area contributed by atoms with E-state index in [2.05, 4.69) is 26.9 Å². The van der Waals surface area contributed by atoms with Gasteiger partial charge in [0.2, 0.25) is 11.1 Å². The Morgan fingerprint density at radius 2 is 0.880 bits per heavy atom. The van der Waals surface area contributed by atoms with Gasteiger partial charge in [0.05, 0.1) is 61.0 Å². The monoisotopic (exact) mass is 1030 g/mol. The molecule has 1 amide bonds. The SMILES string of the molecule is CC(=O)Cl.COC(=O)Cc1ccc(N=C(c2ccc(CN)cc2)c2c(O)[nH]c3ccc(C(C)=O)cc23)cc1.COC(=O)Cc1ccc(N=C(c2ccc(CNC(C)=O)cc2)c2c(O)[nH]c3ccc(C(C)=O)cc23)cc1. The lowest BCUT2D eigenvalue weighted by atomic mass is 9.98. The second kappa shape index (κ2) is 25.6. The molecule has 0 aliphatic heterocycles. The van der Waals surface area contributed by atoms with Crippen molar-refractivity contribution >= 4 is 90.9 Å². The molecule has 17 heteroatoms. The van der Waals surface area contributed by atoms with Crippen LogP contribution in [0.5, 0.6) is 11.8 Å². The van der Waals surface area contributed by atoms with E-state index in [0.29, 0.717) is 79.9 Å². The Morgan fingerprint density at radius 1 is 0.533 bits per heavy atom. The number of aromatic amines is 2. The summed E-state index contributed by atoms with van der Waals surface area (Å²) in [6, 6.07) is 40.0. The minimum Gasteiger partial charge on any atom is -0.494 e. The highest BCUT2D eigenvalue weighted by Gasteiger charge is 2.22. The van der Waals surface area contributed by atoms with Crippen molar-refractivity contribution in [3.63, 3.8) is 0 Å². The zero-order chi connectivity index (χ0) is 54.3. The lowest BCUT2D eigenvalue weighted by Crippen LogP contribution is -2.18. The molecule has 0 fully saturated rings. The number of fused-ring (bicyclic) bond motifs is 2. The number of H-pyrrole nitrogens is 2. The fraction of sp³-hybridized carbons (Fsp3) is 0.172. The number of carbonyl (C=O) groups is 6. The van der Waals surface area contributed by atoms with Gasteiger partial charge in [0.25, 0.3) is 0 Å². The lowest BCUT2D eigenvalue weighted by molar-refractivity contribution is -0.140. The van der Waals surface area contributed by atoms with E-state index < -0.39 is 0 Å². The van der Waals surface area contributed by atoms with Gasteiger partial charge in [-0.05, 0) is 108 Å². The number of carbonyl (C=O) groups excluding carboxylic acids is 6. The molecule has 0 aliphatic rings. The minimum absolute atomic E-state index is 0.0420. The standard InChI is InChI=1S/C29H27N3O5.C27H25N3O4.C2H3ClO/c1-17(33)22-10-13-25-24(15-22)27(29(36)32-25)28(21-8-4-20(5-9-21)16-30-18(2)34)31-23-11-6-19(7-12-23)14-26(35)37-3;1-16(31)20-9-12-23-22(14-20)25(27(33)30-23)26(19-7-3-18(15-28)4-8-19)29-21-10-5-17(6-11-21)13-24(32)34-2;1-2(3)4/h4-13,15,32,36H,14,16H2,1-3H3,(H,30,34);3-12,14,30,33H,13,15,28H2,1-2H3;1H3. The van der Waals surface area contributed by atoms with Crippen LogP contribution >= 0.6 is 11.6 Å². The summed E-state index contributed by atoms with van der Waals surface area (Å²) < 4.78 is 9.46. The fourth-order valence-corrected chi connectivity index (χ4v) is 7.72. The number of ketones is 2. The van der Waals surface area contributed by atoms with Gasteiger partial charge in [0.1, 0.15) is 0 Å². The summed E-state index contributed by atoms with van der Waals surface area (Å²) in [6.45, 7) is 6.56. The third kappa shape index (κ3) is 14.8. The molecule has 2 aromatic heterocycles. The number of hydrogen-bond donors (Lipinski definition) is 6. The number of aromatic nitrogens is 2.